The lowest BCUT2D eigenvalue weighted by Gasteiger charge is -2.05. The van der Waals surface area contributed by atoms with Gasteiger partial charge in [-0.05, 0) is 12.1 Å². The van der Waals surface area contributed by atoms with Crippen LogP contribution >= 0.6 is 12.2 Å². The molecule has 0 radical (unpaired) electrons. The quantitative estimate of drug-likeness (QED) is 0.476. The number of carbonyl (C=O) groups is 1. The van der Waals surface area contributed by atoms with Gasteiger partial charge < -0.3 is 16.6 Å². The minimum Gasteiger partial charge on any atom is -0.478 e. The van der Waals surface area contributed by atoms with Gasteiger partial charge in [-0.25, -0.2) is 4.79 Å². The zero-order chi connectivity index (χ0) is 10.0. The first kappa shape index (κ1) is 9.47. The van der Waals surface area contributed by atoms with Gasteiger partial charge in [-0.15, -0.1) is 0 Å². The molecule has 1 rings (SSSR count). The SMILES string of the molecule is NC(=S)c1cccc(C(=O)O)c1N. The number of benzene rings is 1. The lowest BCUT2D eigenvalue weighted by Crippen LogP contribution is -2.14. The van der Waals surface area contributed by atoms with Gasteiger partial charge in [0.2, 0.25) is 0 Å². The molecule has 5 N–H and O–H groups in total. The largest absolute Gasteiger partial charge is 0.478 e. The molecule has 0 aromatic heterocycles. The summed E-state index contributed by atoms with van der Waals surface area (Å²) in [5.41, 5.74) is 11.4. The number of rotatable bonds is 2. The van der Waals surface area contributed by atoms with E-state index in [1.165, 1.54) is 6.07 Å². The highest BCUT2D eigenvalue weighted by molar-refractivity contribution is 7.80. The first-order chi connectivity index (χ1) is 6.04. The summed E-state index contributed by atoms with van der Waals surface area (Å²) in [6.45, 7) is 0. The van der Waals surface area contributed by atoms with Crippen LogP contribution in [0.5, 0.6) is 0 Å². The molecule has 5 heteroatoms. The maximum Gasteiger partial charge on any atom is 0.337 e. The molecule has 0 fully saturated rings. The van der Waals surface area contributed by atoms with Crippen LogP contribution in [0.15, 0.2) is 18.2 Å². The zero-order valence-corrected chi connectivity index (χ0v) is 7.47. The van der Waals surface area contributed by atoms with E-state index >= 15 is 0 Å². The average molecular weight is 196 g/mol. The monoisotopic (exact) mass is 196 g/mol. The van der Waals surface area contributed by atoms with E-state index in [4.69, 9.17) is 28.8 Å². The Bertz CT molecular complexity index is 344. The number of nitrogen functional groups attached to an aromatic ring is 1. The fourth-order valence-corrected chi connectivity index (χ4v) is 1.14. The summed E-state index contributed by atoms with van der Waals surface area (Å²) in [6, 6.07) is 4.54. The van der Waals surface area contributed by atoms with E-state index < -0.39 is 5.97 Å². The third-order valence-corrected chi connectivity index (χ3v) is 1.82. The van der Waals surface area contributed by atoms with Crippen molar-refractivity contribution < 1.29 is 9.90 Å². The van der Waals surface area contributed by atoms with Crippen LogP contribution < -0.4 is 11.5 Å². The standard InChI is InChI=1S/C8H8N2O2S/c9-6-4(7(10)13)2-1-3-5(6)8(11)12/h1-3H,9H2,(H2,10,13)(H,11,12). The number of para-hydroxylation sites is 1. The molecule has 13 heavy (non-hydrogen) atoms. The molecule has 0 saturated heterocycles. The van der Waals surface area contributed by atoms with Gasteiger partial charge >= 0.3 is 5.97 Å². The smallest absolute Gasteiger partial charge is 0.337 e. The molecule has 0 spiro atoms. The molecule has 0 aliphatic rings. The van der Waals surface area contributed by atoms with Crippen molar-refractivity contribution in [1.29, 1.82) is 0 Å². The molecule has 0 aliphatic heterocycles. The summed E-state index contributed by atoms with van der Waals surface area (Å²) in [7, 11) is 0. The summed E-state index contributed by atoms with van der Waals surface area (Å²) in [5.74, 6) is -1.09. The van der Waals surface area contributed by atoms with Crippen LogP contribution in [0.2, 0.25) is 0 Å². The fourth-order valence-electron chi connectivity index (χ4n) is 0.967. The summed E-state index contributed by atoms with van der Waals surface area (Å²) in [4.78, 5) is 10.7. The van der Waals surface area contributed by atoms with Crippen LogP contribution in [0.3, 0.4) is 0 Å². The van der Waals surface area contributed by atoms with Crippen molar-refractivity contribution in [2.75, 3.05) is 5.73 Å². The minimum atomic E-state index is -1.09. The van der Waals surface area contributed by atoms with Crippen molar-refractivity contribution in [3.05, 3.63) is 29.3 Å². The Kier molecular flexibility index (Phi) is 2.48. The second kappa shape index (κ2) is 3.40. The van der Waals surface area contributed by atoms with Gasteiger partial charge in [-0.2, -0.15) is 0 Å². The average Bonchev–Trinajstić information content (AvgIpc) is 2.03. The Hall–Kier alpha value is -1.62. The highest BCUT2D eigenvalue weighted by Crippen LogP contribution is 2.17. The van der Waals surface area contributed by atoms with Crippen molar-refractivity contribution in [1.82, 2.24) is 0 Å². The Morgan fingerprint density at radius 2 is 1.92 bits per heavy atom. The number of anilines is 1. The predicted molar refractivity (Wildman–Crippen MR) is 53.7 cm³/mol. The number of aromatic carboxylic acids is 1. The molecule has 68 valence electrons. The molecule has 0 bridgehead atoms. The third kappa shape index (κ3) is 1.75. The van der Waals surface area contributed by atoms with E-state index in [9.17, 15) is 4.79 Å². The van der Waals surface area contributed by atoms with E-state index in [1.807, 2.05) is 0 Å². The number of hydrogen-bond donors (Lipinski definition) is 3. The van der Waals surface area contributed by atoms with Gasteiger partial charge in [0.1, 0.15) is 4.99 Å². The molecule has 0 amide bonds. The van der Waals surface area contributed by atoms with Crippen LogP contribution in [0.1, 0.15) is 15.9 Å². The molecule has 1 aromatic rings. The second-order valence-electron chi connectivity index (χ2n) is 2.44. The van der Waals surface area contributed by atoms with Gasteiger partial charge in [0.25, 0.3) is 0 Å². The van der Waals surface area contributed by atoms with E-state index in [-0.39, 0.29) is 16.2 Å². The van der Waals surface area contributed by atoms with Crippen molar-refractivity contribution >= 4 is 28.9 Å². The van der Waals surface area contributed by atoms with E-state index in [0.717, 1.165) is 0 Å². The van der Waals surface area contributed by atoms with Crippen LogP contribution in [-0.4, -0.2) is 16.1 Å². The predicted octanol–water partition coefficient (Wildman–Crippen LogP) is 0.601. The fraction of sp³-hybridized carbons (Fsp3) is 0. The molecule has 0 aliphatic carbocycles. The van der Waals surface area contributed by atoms with Crippen molar-refractivity contribution in [2.24, 2.45) is 5.73 Å². The third-order valence-electron chi connectivity index (χ3n) is 1.60. The topological polar surface area (TPSA) is 89.3 Å². The molecule has 0 unspecified atom stereocenters. The number of thiocarbonyl (C=S) groups is 1. The summed E-state index contributed by atoms with van der Waals surface area (Å²) < 4.78 is 0. The number of carboxylic acids is 1. The van der Waals surface area contributed by atoms with Gasteiger partial charge in [0.15, 0.2) is 0 Å². The van der Waals surface area contributed by atoms with Gasteiger partial charge in [-0.3, -0.25) is 0 Å². The van der Waals surface area contributed by atoms with E-state index in [0.29, 0.717) is 5.56 Å². The Morgan fingerprint density at radius 1 is 1.38 bits per heavy atom. The minimum absolute atomic E-state index is 0.0188. The van der Waals surface area contributed by atoms with Crippen molar-refractivity contribution in [3.63, 3.8) is 0 Å². The molecule has 0 saturated carbocycles. The molecule has 0 heterocycles. The Morgan fingerprint density at radius 3 is 2.38 bits per heavy atom. The Labute approximate surface area is 80.2 Å². The van der Waals surface area contributed by atoms with Crippen molar-refractivity contribution in [3.8, 4) is 0 Å². The van der Waals surface area contributed by atoms with Gasteiger partial charge in [0.05, 0.1) is 11.3 Å². The summed E-state index contributed by atoms with van der Waals surface area (Å²) in [6.07, 6.45) is 0. The van der Waals surface area contributed by atoms with Crippen molar-refractivity contribution in [2.45, 2.75) is 0 Å². The zero-order valence-electron chi connectivity index (χ0n) is 6.65. The number of hydrogen-bond acceptors (Lipinski definition) is 3. The second-order valence-corrected chi connectivity index (χ2v) is 2.88. The van der Waals surface area contributed by atoms with E-state index in [2.05, 4.69) is 0 Å². The summed E-state index contributed by atoms with van der Waals surface area (Å²) in [5, 5.41) is 8.71. The maximum absolute atomic E-state index is 10.6. The molecular formula is C8H8N2O2S. The lowest BCUT2D eigenvalue weighted by atomic mass is 10.1. The number of carboxylic acid groups (broad SMARTS) is 1. The van der Waals surface area contributed by atoms with Gasteiger partial charge in [0, 0.05) is 5.56 Å². The van der Waals surface area contributed by atoms with Gasteiger partial charge in [-0.1, -0.05) is 18.3 Å². The lowest BCUT2D eigenvalue weighted by molar-refractivity contribution is 0.0698. The highest BCUT2D eigenvalue weighted by atomic mass is 32.1. The first-order valence-corrected chi connectivity index (χ1v) is 3.86. The van der Waals surface area contributed by atoms with Crippen LogP contribution in [-0.2, 0) is 0 Å². The van der Waals surface area contributed by atoms with Crippen LogP contribution in [0.25, 0.3) is 0 Å². The van der Waals surface area contributed by atoms with Crippen LogP contribution in [0, 0.1) is 0 Å². The van der Waals surface area contributed by atoms with Crippen LogP contribution in [0.4, 0.5) is 5.69 Å². The normalized spacial score (nSPS) is 9.54. The molecule has 4 nitrogen and oxygen atoms in total. The molecule has 0 atom stereocenters. The maximum atomic E-state index is 10.6. The number of nitrogens with two attached hydrogens (primary N) is 2. The molecule has 1 aromatic carbocycles. The van der Waals surface area contributed by atoms with E-state index in [1.54, 1.807) is 12.1 Å². The Balaban J connectivity index is 3.35. The molecular weight excluding hydrogens is 188 g/mol. The summed E-state index contributed by atoms with van der Waals surface area (Å²) >= 11 is 4.70. The highest BCUT2D eigenvalue weighted by Gasteiger charge is 2.11. The first-order valence-electron chi connectivity index (χ1n) is 3.45.